The summed E-state index contributed by atoms with van der Waals surface area (Å²) in [4.78, 5) is 1.63. The third-order valence-electron chi connectivity index (χ3n) is 1.30. The van der Waals surface area contributed by atoms with E-state index in [-0.39, 0.29) is 0 Å². The average molecular weight is 319 g/mol. The summed E-state index contributed by atoms with van der Waals surface area (Å²) in [6.07, 6.45) is 5.51. The van der Waals surface area contributed by atoms with Crippen molar-refractivity contribution < 1.29 is 0 Å². The molecule has 0 unspecified atom stereocenters. The molecule has 0 saturated heterocycles. The van der Waals surface area contributed by atoms with E-state index in [1.165, 1.54) is 0 Å². The minimum Gasteiger partial charge on any atom is -0.0875 e. The summed E-state index contributed by atoms with van der Waals surface area (Å²) in [7, 11) is 0. The van der Waals surface area contributed by atoms with Crippen LogP contribution in [0.1, 0.15) is 6.42 Å². The molecular formula is C6H7Br3. The van der Waals surface area contributed by atoms with Gasteiger partial charge in [0.25, 0.3) is 0 Å². The quantitative estimate of drug-likeness (QED) is 0.475. The van der Waals surface area contributed by atoms with Crippen LogP contribution in [0.25, 0.3) is 0 Å². The Bertz CT molecular complexity index is 121. The number of halogens is 3. The first-order chi connectivity index (χ1) is 4.20. The molecule has 0 heterocycles. The molecule has 0 aromatic carbocycles. The van der Waals surface area contributed by atoms with Gasteiger partial charge in [-0.3, -0.25) is 0 Å². The van der Waals surface area contributed by atoms with Crippen LogP contribution >= 0.6 is 47.8 Å². The SMILES string of the molecule is Br[C@@H]1C[C@@H](Br)C=C[C@@H]1Br. The lowest BCUT2D eigenvalue weighted by Gasteiger charge is -2.20. The van der Waals surface area contributed by atoms with Gasteiger partial charge in [0.2, 0.25) is 0 Å². The molecule has 1 aliphatic rings. The zero-order valence-electron chi connectivity index (χ0n) is 4.73. The molecule has 3 atom stereocenters. The van der Waals surface area contributed by atoms with E-state index in [1.807, 2.05) is 0 Å². The molecule has 1 aliphatic carbocycles. The van der Waals surface area contributed by atoms with Gasteiger partial charge in [0.05, 0.1) is 0 Å². The molecule has 3 heteroatoms. The number of hydrogen-bond donors (Lipinski definition) is 0. The van der Waals surface area contributed by atoms with E-state index < -0.39 is 0 Å². The van der Waals surface area contributed by atoms with Gasteiger partial charge < -0.3 is 0 Å². The number of allylic oxidation sites excluding steroid dienone is 2. The highest BCUT2D eigenvalue weighted by Gasteiger charge is 2.19. The van der Waals surface area contributed by atoms with E-state index in [9.17, 15) is 0 Å². The van der Waals surface area contributed by atoms with Crippen LogP contribution in [0.15, 0.2) is 12.2 Å². The molecular weight excluding hydrogens is 312 g/mol. The maximum absolute atomic E-state index is 3.57. The Labute approximate surface area is 80.5 Å². The maximum atomic E-state index is 3.57. The normalized spacial score (nSPS) is 43.2. The third kappa shape index (κ3) is 2.35. The predicted molar refractivity (Wildman–Crippen MR) is 51.9 cm³/mol. The van der Waals surface area contributed by atoms with Gasteiger partial charge in [-0.2, -0.15) is 0 Å². The summed E-state index contributed by atoms with van der Waals surface area (Å²) in [5.74, 6) is 0. The summed E-state index contributed by atoms with van der Waals surface area (Å²) in [5, 5.41) is 0. The Morgan fingerprint density at radius 1 is 1.11 bits per heavy atom. The topological polar surface area (TPSA) is 0 Å². The summed E-state index contributed by atoms with van der Waals surface area (Å²) < 4.78 is 0. The molecule has 0 radical (unpaired) electrons. The van der Waals surface area contributed by atoms with E-state index in [0.717, 1.165) is 6.42 Å². The van der Waals surface area contributed by atoms with Crippen molar-refractivity contribution in [1.29, 1.82) is 0 Å². The minimum atomic E-state index is 0.506. The highest BCUT2D eigenvalue weighted by molar-refractivity contribution is 9.12. The van der Waals surface area contributed by atoms with Crippen LogP contribution in [0.2, 0.25) is 0 Å². The van der Waals surface area contributed by atoms with Crippen LogP contribution in [-0.2, 0) is 0 Å². The largest absolute Gasteiger partial charge is 0.0875 e. The molecule has 1 rings (SSSR count). The number of rotatable bonds is 0. The van der Waals surface area contributed by atoms with Crippen molar-refractivity contribution in [3.63, 3.8) is 0 Å². The zero-order valence-corrected chi connectivity index (χ0v) is 9.49. The Kier molecular flexibility index (Phi) is 3.25. The summed E-state index contributed by atoms with van der Waals surface area (Å²) >= 11 is 10.6. The van der Waals surface area contributed by atoms with Crippen LogP contribution < -0.4 is 0 Å². The molecule has 0 fully saturated rings. The Hall–Kier alpha value is 1.18. The van der Waals surface area contributed by atoms with Gasteiger partial charge in [0.15, 0.2) is 0 Å². The highest BCUT2D eigenvalue weighted by atomic mass is 79.9. The van der Waals surface area contributed by atoms with E-state index in [4.69, 9.17) is 0 Å². The molecule has 0 N–H and O–H groups in total. The van der Waals surface area contributed by atoms with Crippen LogP contribution in [0.4, 0.5) is 0 Å². The van der Waals surface area contributed by atoms with Crippen molar-refractivity contribution >= 4 is 47.8 Å². The number of hydrogen-bond acceptors (Lipinski definition) is 0. The van der Waals surface area contributed by atoms with Gasteiger partial charge in [-0.25, -0.2) is 0 Å². The van der Waals surface area contributed by atoms with E-state index in [2.05, 4.69) is 59.9 Å². The smallest absolute Gasteiger partial charge is 0.0451 e. The zero-order chi connectivity index (χ0) is 6.85. The van der Waals surface area contributed by atoms with Crippen molar-refractivity contribution in [1.82, 2.24) is 0 Å². The van der Waals surface area contributed by atoms with Gasteiger partial charge in [-0.15, -0.1) is 0 Å². The second-order valence-corrected chi connectivity index (χ2v) is 5.51. The minimum absolute atomic E-state index is 0.506. The first-order valence-electron chi connectivity index (χ1n) is 2.80. The molecule has 9 heavy (non-hydrogen) atoms. The van der Waals surface area contributed by atoms with Crippen molar-refractivity contribution in [3.05, 3.63) is 12.2 Å². The Morgan fingerprint density at radius 2 is 1.78 bits per heavy atom. The standard InChI is InChI=1S/C6H7Br3/c7-4-1-2-5(8)6(9)3-4/h1-2,4-6H,3H2/t4-,5-,6+/m0/s1. The monoisotopic (exact) mass is 316 g/mol. The van der Waals surface area contributed by atoms with Crippen LogP contribution in [0.5, 0.6) is 0 Å². The summed E-state index contributed by atoms with van der Waals surface area (Å²) in [5.41, 5.74) is 0. The second kappa shape index (κ2) is 3.54. The molecule has 0 aromatic rings. The molecule has 0 nitrogen and oxygen atoms in total. The molecule has 0 aromatic heterocycles. The molecule has 0 spiro atoms. The fraction of sp³-hybridized carbons (Fsp3) is 0.667. The molecule has 0 saturated carbocycles. The fourth-order valence-electron chi connectivity index (χ4n) is 0.771. The van der Waals surface area contributed by atoms with Crippen molar-refractivity contribution in [2.24, 2.45) is 0 Å². The number of alkyl halides is 3. The second-order valence-electron chi connectivity index (χ2n) is 2.10. The van der Waals surface area contributed by atoms with Gasteiger partial charge in [-0.05, 0) is 6.42 Å². The van der Waals surface area contributed by atoms with E-state index in [0.29, 0.717) is 14.5 Å². The van der Waals surface area contributed by atoms with Crippen molar-refractivity contribution in [3.8, 4) is 0 Å². The highest BCUT2D eigenvalue weighted by Crippen LogP contribution is 2.28. The van der Waals surface area contributed by atoms with E-state index in [1.54, 1.807) is 0 Å². The van der Waals surface area contributed by atoms with Crippen molar-refractivity contribution in [2.75, 3.05) is 0 Å². The van der Waals surface area contributed by atoms with Gasteiger partial charge in [0, 0.05) is 14.5 Å². The van der Waals surface area contributed by atoms with Gasteiger partial charge in [-0.1, -0.05) is 59.9 Å². The molecule has 52 valence electrons. The first kappa shape index (κ1) is 8.28. The van der Waals surface area contributed by atoms with E-state index >= 15 is 0 Å². The third-order valence-corrected chi connectivity index (χ3v) is 4.57. The van der Waals surface area contributed by atoms with Crippen LogP contribution in [0.3, 0.4) is 0 Å². The Balaban J connectivity index is 2.54. The lowest BCUT2D eigenvalue weighted by Crippen LogP contribution is -2.19. The lowest BCUT2D eigenvalue weighted by molar-refractivity contribution is 0.796. The molecule has 0 aliphatic heterocycles. The maximum Gasteiger partial charge on any atom is 0.0451 e. The predicted octanol–water partition coefficient (Wildman–Crippen LogP) is 3.24. The van der Waals surface area contributed by atoms with Gasteiger partial charge in [0.1, 0.15) is 0 Å². The van der Waals surface area contributed by atoms with Gasteiger partial charge >= 0.3 is 0 Å². The lowest BCUT2D eigenvalue weighted by atomic mass is 10.1. The Morgan fingerprint density at radius 3 is 2.22 bits per heavy atom. The first-order valence-corrected chi connectivity index (χ1v) is 5.55. The van der Waals surface area contributed by atoms with Crippen LogP contribution in [-0.4, -0.2) is 14.5 Å². The summed E-state index contributed by atoms with van der Waals surface area (Å²) in [6, 6.07) is 0. The molecule has 0 bridgehead atoms. The average Bonchev–Trinajstić information content (AvgIpc) is 1.80. The van der Waals surface area contributed by atoms with Crippen LogP contribution in [0, 0.1) is 0 Å². The molecule has 0 amide bonds. The van der Waals surface area contributed by atoms with Crippen molar-refractivity contribution in [2.45, 2.75) is 20.9 Å². The summed E-state index contributed by atoms with van der Waals surface area (Å²) in [6.45, 7) is 0. The fourth-order valence-corrected chi connectivity index (χ4v) is 2.82.